The predicted molar refractivity (Wildman–Crippen MR) is 99.3 cm³/mol. The molecule has 4 rings (SSSR count). The normalized spacial score (nSPS) is 31.1. The van der Waals surface area contributed by atoms with Gasteiger partial charge in [-0.05, 0) is 38.0 Å². The van der Waals surface area contributed by atoms with Crippen LogP contribution >= 0.6 is 0 Å². The summed E-state index contributed by atoms with van der Waals surface area (Å²) in [7, 11) is 2.17. The summed E-state index contributed by atoms with van der Waals surface area (Å²) in [6.45, 7) is 7.79. The highest BCUT2D eigenvalue weighted by Crippen LogP contribution is 2.42. The Morgan fingerprint density at radius 1 is 1.12 bits per heavy atom. The molecule has 3 atom stereocenters. The van der Waals surface area contributed by atoms with Crippen LogP contribution in [0.25, 0.3) is 0 Å². The molecule has 5 nitrogen and oxygen atoms in total. The number of likely N-dealkylation sites (N-methyl/N-ethyl adjacent to an activating group) is 1. The standard InChI is InChI=1S/C20H30N4O/c1-22-8-5-9-23(11-10-22)15-19(25)24-14-17-12-21-13-18(17)20(24)16-6-3-2-4-7-16/h2-4,6-7,17-18,20-21H,5,8-15H2,1H3/t17-,18-,20-/m0/s1. The Balaban J connectivity index is 1.48. The monoisotopic (exact) mass is 342 g/mol. The molecule has 1 aromatic carbocycles. The van der Waals surface area contributed by atoms with Gasteiger partial charge in [0, 0.05) is 38.6 Å². The Bertz CT molecular complexity index is 593. The average Bonchev–Trinajstić information content (AvgIpc) is 3.15. The van der Waals surface area contributed by atoms with Crippen LogP contribution in [-0.4, -0.2) is 80.0 Å². The van der Waals surface area contributed by atoms with Crippen molar-refractivity contribution in [2.75, 3.05) is 59.4 Å². The Kier molecular flexibility index (Phi) is 5.06. The molecule has 3 saturated heterocycles. The van der Waals surface area contributed by atoms with E-state index in [1.165, 1.54) is 5.56 Å². The smallest absolute Gasteiger partial charge is 0.237 e. The maximum atomic E-state index is 13.2. The summed E-state index contributed by atoms with van der Waals surface area (Å²) in [4.78, 5) is 20.1. The van der Waals surface area contributed by atoms with Gasteiger partial charge < -0.3 is 15.1 Å². The van der Waals surface area contributed by atoms with Gasteiger partial charge in [-0.2, -0.15) is 0 Å². The number of benzene rings is 1. The number of hydrogen-bond donors (Lipinski definition) is 1. The van der Waals surface area contributed by atoms with Crippen LogP contribution in [0.2, 0.25) is 0 Å². The third kappa shape index (κ3) is 3.59. The summed E-state index contributed by atoms with van der Waals surface area (Å²) < 4.78 is 0. The van der Waals surface area contributed by atoms with Gasteiger partial charge in [-0.1, -0.05) is 30.3 Å². The second-order valence-corrected chi connectivity index (χ2v) is 7.92. The summed E-state index contributed by atoms with van der Waals surface area (Å²) in [5.74, 6) is 1.47. The number of carbonyl (C=O) groups excluding carboxylic acids is 1. The molecule has 0 aliphatic carbocycles. The van der Waals surface area contributed by atoms with Crippen LogP contribution in [0.5, 0.6) is 0 Å². The molecule has 0 unspecified atom stereocenters. The lowest BCUT2D eigenvalue weighted by atomic mass is 9.89. The van der Waals surface area contributed by atoms with Crippen LogP contribution in [0, 0.1) is 11.8 Å². The molecule has 3 heterocycles. The highest BCUT2D eigenvalue weighted by molar-refractivity contribution is 5.79. The fourth-order valence-electron chi connectivity index (χ4n) is 4.79. The van der Waals surface area contributed by atoms with Crippen LogP contribution in [0.4, 0.5) is 0 Å². The Hall–Kier alpha value is -1.43. The van der Waals surface area contributed by atoms with Crippen molar-refractivity contribution in [2.24, 2.45) is 11.8 Å². The third-order valence-electron chi connectivity index (χ3n) is 6.20. The predicted octanol–water partition coefficient (Wildman–Crippen LogP) is 1.04. The van der Waals surface area contributed by atoms with Gasteiger partial charge in [-0.15, -0.1) is 0 Å². The fourth-order valence-corrected chi connectivity index (χ4v) is 4.79. The average molecular weight is 342 g/mol. The topological polar surface area (TPSA) is 38.8 Å². The summed E-state index contributed by atoms with van der Waals surface area (Å²) in [6, 6.07) is 10.9. The van der Waals surface area contributed by atoms with Crippen molar-refractivity contribution >= 4 is 5.91 Å². The first-order valence-electron chi connectivity index (χ1n) is 9.68. The molecule has 0 aromatic heterocycles. The zero-order valence-electron chi connectivity index (χ0n) is 15.2. The maximum Gasteiger partial charge on any atom is 0.237 e. The lowest BCUT2D eigenvalue weighted by Crippen LogP contribution is -2.42. The Labute approximate surface area is 151 Å². The first kappa shape index (κ1) is 17.0. The van der Waals surface area contributed by atoms with Crippen LogP contribution in [0.3, 0.4) is 0 Å². The third-order valence-corrected chi connectivity index (χ3v) is 6.20. The van der Waals surface area contributed by atoms with Crippen molar-refractivity contribution in [3.8, 4) is 0 Å². The minimum atomic E-state index is 0.239. The molecule has 3 aliphatic rings. The number of likely N-dealkylation sites (tertiary alicyclic amines) is 1. The molecular formula is C20H30N4O. The molecule has 136 valence electrons. The quantitative estimate of drug-likeness (QED) is 0.891. The number of hydrogen-bond acceptors (Lipinski definition) is 4. The number of amides is 1. The minimum Gasteiger partial charge on any atom is -0.334 e. The lowest BCUT2D eigenvalue weighted by molar-refractivity contribution is -0.133. The number of rotatable bonds is 3. The van der Waals surface area contributed by atoms with Crippen molar-refractivity contribution in [3.05, 3.63) is 35.9 Å². The summed E-state index contributed by atoms with van der Waals surface area (Å²) in [6.07, 6.45) is 1.15. The van der Waals surface area contributed by atoms with Gasteiger partial charge in [-0.25, -0.2) is 0 Å². The van der Waals surface area contributed by atoms with E-state index >= 15 is 0 Å². The highest BCUT2D eigenvalue weighted by Gasteiger charge is 2.46. The number of fused-ring (bicyclic) bond motifs is 1. The number of nitrogens with zero attached hydrogens (tertiary/aromatic N) is 3. The summed E-state index contributed by atoms with van der Waals surface area (Å²) in [5, 5.41) is 3.52. The van der Waals surface area contributed by atoms with E-state index in [2.05, 4.69) is 57.4 Å². The number of carbonyl (C=O) groups is 1. The van der Waals surface area contributed by atoms with Crippen LogP contribution in [0.1, 0.15) is 18.0 Å². The number of nitrogens with one attached hydrogen (secondary N) is 1. The van der Waals surface area contributed by atoms with Crippen LogP contribution in [0.15, 0.2) is 30.3 Å². The van der Waals surface area contributed by atoms with E-state index in [0.29, 0.717) is 24.3 Å². The van der Waals surface area contributed by atoms with Gasteiger partial charge in [0.15, 0.2) is 0 Å². The molecule has 5 heteroatoms. The van der Waals surface area contributed by atoms with Crippen LogP contribution in [-0.2, 0) is 4.79 Å². The molecule has 0 saturated carbocycles. The molecule has 3 aliphatic heterocycles. The SMILES string of the molecule is CN1CCCN(CC(=O)N2C[C@@H]3CNC[C@@H]3[C@@H]2c2ccccc2)CC1. The van der Waals surface area contributed by atoms with Gasteiger partial charge in [0.2, 0.25) is 5.91 Å². The first-order chi connectivity index (χ1) is 12.2. The van der Waals surface area contributed by atoms with Crippen molar-refractivity contribution in [1.29, 1.82) is 0 Å². The van der Waals surface area contributed by atoms with E-state index in [1.807, 2.05) is 0 Å². The van der Waals surface area contributed by atoms with Crippen molar-refractivity contribution in [3.63, 3.8) is 0 Å². The lowest BCUT2D eigenvalue weighted by Gasteiger charge is -2.30. The maximum absolute atomic E-state index is 13.2. The molecule has 1 aromatic rings. The molecule has 0 bridgehead atoms. The van der Waals surface area contributed by atoms with Crippen molar-refractivity contribution in [1.82, 2.24) is 20.0 Å². The largest absolute Gasteiger partial charge is 0.334 e. The molecule has 1 N–H and O–H groups in total. The second-order valence-electron chi connectivity index (χ2n) is 7.92. The van der Waals surface area contributed by atoms with E-state index in [1.54, 1.807) is 0 Å². The Morgan fingerprint density at radius 2 is 1.96 bits per heavy atom. The molecule has 3 fully saturated rings. The van der Waals surface area contributed by atoms with Crippen molar-refractivity contribution < 1.29 is 4.79 Å². The van der Waals surface area contributed by atoms with Crippen molar-refractivity contribution in [2.45, 2.75) is 12.5 Å². The zero-order valence-corrected chi connectivity index (χ0v) is 15.2. The van der Waals surface area contributed by atoms with Gasteiger partial charge >= 0.3 is 0 Å². The zero-order chi connectivity index (χ0) is 17.2. The summed E-state index contributed by atoms with van der Waals surface area (Å²) >= 11 is 0. The first-order valence-corrected chi connectivity index (χ1v) is 9.68. The van der Waals surface area contributed by atoms with Gasteiger partial charge in [-0.3, -0.25) is 9.69 Å². The fraction of sp³-hybridized carbons (Fsp3) is 0.650. The van der Waals surface area contributed by atoms with E-state index in [4.69, 9.17) is 0 Å². The Morgan fingerprint density at radius 3 is 2.80 bits per heavy atom. The van der Waals surface area contributed by atoms with Gasteiger partial charge in [0.05, 0.1) is 12.6 Å². The molecule has 25 heavy (non-hydrogen) atoms. The van der Waals surface area contributed by atoms with Gasteiger partial charge in [0.25, 0.3) is 0 Å². The second kappa shape index (κ2) is 7.44. The van der Waals surface area contributed by atoms with E-state index in [0.717, 1.165) is 52.2 Å². The van der Waals surface area contributed by atoms with E-state index in [9.17, 15) is 4.79 Å². The minimum absolute atomic E-state index is 0.239. The van der Waals surface area contributed by atoms with E-state index < -0.39 is 0 Å². The molecule has 0 radical (unpaired) electrons. The summed E-state index contributed by atoms with van der Waals surface area (Å²) in [5.41, 5.74) is 1.29. The highest BCUT2D eigenvalue weighted by atomic mass is 16.2. The van der Waals surface area contributed by atoms with Gasteiger partial charge in [0.1, 0.15) is 0 Å². The molecule has 1 amide bonds. The molecular weight excluding hydrogens is 312 g/mol. The van der Waals surface area contributed by atoms with E-state index in [-0.39, 0.29) is 6.04 Å². The van der Waals surface area contributed by atoms with Crippen LogP contribution < -0.4 is 5.32 Å². The molecule has 0 spiro atoms.